The summed E-state index contributed by atoms with van der Waals surface area (Å²) in [4.78, 5) is 35.4. The van der Waals surface area contributed by atoms with E-state index in [-0.39, 0.29) is 11.8 Å². The summed E-state index contributed by atoms with van der Waals surface area (Å²) in [6.45, 7) is 1.14. The van der Waals surface area contributed by atoms with Gasteiger partial charge in [-0.3, -0.25) is 14.6 Å². The van der Waals surface area contributed by atoms with E-state index in [0.717, 1.165) is 24.0 Å². The van der Waals surface area contributed by atoms with Gasteiger partial charge >= 0.3 is 0 Å². The lowest BCUT2D eigenvalue weighted by Gasteiger charge is -2.43. The van der Waals surface area contributed by atoms with E-state index < -0.39 is 5.41 Å². The van der Waals surface area contributed by atoms with Gasteiger partial charge in [-0.25, -0.2) is 0 Å². The molecule has 1 aliphatic rings. The molecular weight excluding hydrogens is 418 g/mol. The minimum atomic E-state index is -0.611. The van der Waals surface area contributed by atoms with Crippen molar-refractivity contribution in [3.05, 3.63) is 77.4 Å². The van der Waals surface area contributed by atoms with Crippen LogP contribution in [0.15, 0.2) is 66.3 Å². The summed E-state index contributed by atoms with van der Waals surface area (Å²) >= 11 is 1.71. The van der Waals surface area contributed by atoms with Gasteiger partial charge in [-0.05, 0) is 53.5 Å². The van der Waals surface area contributed by atoms with Gasteiger partial charge in [0.2, 0.25) is 11.8 Å². The van der Waals surface area contributed by atoms with Crippen LogP contribution in [0.2, 0.25) is 0 Å². The lowest BCUT2D eigenvalue weighted by atomic mass is 9.73. The highest BCUT2D eigenvalue weighted by molar-refractivity contribution is 7.13. The largest absolute Gasteiger partial charge is 0.348 e. The lowest BCUT2D eigenvalue weighted by molar-refractivity contribution is -0.147. The third kappa shape index (κ3) is 4.91. The molecule has 0 unspecified atom stereocenters. The highest BCUT2D eigenvalue weighted by atomic mass is 32.1. The van der Waals surface area contributed by atoms with E-state index in [2.05, 4.69) is 46.8 Å². The number of hydrogen-bond acceptors (Lipinski definition) is 4. The monoisotopic (exact) mass is 447 g/mol. The van der Waals surface area contributed by atoms with Crippen molar-refractivity contribution in [1.29, 1.82) is 0 Å². The number of hydrogen-bond donors (Lipinski definition) is 0. The SMILES string of the molecule is CN(C)C(=O)[C@]1(Cc2cccc(-c3cccs3)c2)CCCN(C(=O)Cc2cccnc2)C1. The zero-order chi connectivity index (χ0) is 22.6. The first kappa shape index (κ1) is 22.2. The molecule has 3 heterocycles. The van der Waals surface area contributed by atoms with E-state index in [0.29, 0.717) is 25.9 Å². The summed E-state index contributed by atoms with van der Waals surface area (Å²) in [5.74, 6) is 0.152. The molecule has 0 N–H and O–H groups in total. The van der Waals surface area contributed by atoms with Crippen molar-refractivity contribution in [2.45, 2.75) is 25.7 Å². The highest BCUT2D eigenvalue weighted by Crippen LogP contribution is 2.37. The van der Waals surface area contributed by atoms with Crippen LogP contribution < -0.4 is 0 Å². The lowest BCUT2D eigenvalue weighted by Crippen LogP contribution is -2.54. The molecule has 3 aromatic rings. The van der Waals surface area contributed by atoms with Crippen molar-refractivity contribution >= 4 is 23.2 Å². The number of rotatable bonds is 6. The number of likely N-dealkylation sites (tertiary alicyclic amines) is 1. The molecule has 6 heteroatoms. The Labute approximate surface area is 193 Å². The smallest absolute Gasteiger partial charge is 0.230 e. The van der Waals surface area contributed by atoms with Crippen molar-refractivity contribution in [3.8, 4) is 10.4 Å². The Balaban J connectivity index is 1.58. The van der Waals surface area contributed by atoms with Gasteiger partial charge in [0.05, 0.1) is 11.8 Å². The number of piperidine rings is 1. The Morgan fingerprint density at radius 3 is 2.69 bits per heavy atom. The Morgan fingerprint density at radius 2 is 1.97 bits per heavy atom. The number of thiophene rings is 1. The number of aromatic nitrogens is 1. The molecule has 0 bridgehead atoms. The van der Waals surface area contributed by atoms with E-state index in [4.69, 9.17) is 0 Å². The van der Waals surface area contributed by atoms with Crippen LogP contribution in [0.4, 0.5) is 0 Å². The third-order valence-corrected chi connectivity index (χ3v) is 7.06. The summed E-state index contributed by atoms with van der Waals surface area (Å²) in [7, 11) is 3.62. The third-order valence-electron chi connectivity index (χ3n) is 6.14. The maximum atomic E-state index is 13.4. The second-order valence-electron chi connectivity index (χ2n) is 8.79. The van der Waals surface area contributed by atoms with Gasteiger partial charge in [-0.1, -0.05) is 36.4 Å². The molecule has 1 fully saturated rings. The zero-order valence-electron chi connectivity index (χ0n) is 18.7. The molecule has 1 aromatic carbocycles. The van der Waals surface area contributed by atoms with E-state index >= 15 is 0 Å². The molecule has 32 heavy (non-hydrogen) atoms. The molecule has 0 radical (unpaired) electrons. The van der Waals surface area contributed by atoms with Gasteiger partial charge in [0.1, 0.15) is 0 Å². The van der Waals surface area contributed by atoms with Crippen LogP contribution >= 0.6 is 11.3 Å². The molecule has 4 rings (SSSR count). The Morgan fingerprint density at radius 1 is 1.12 bits per heavy atom. The Hall–Kier alpha value is -2.99. The fourth-order valence-corrected chi connectivity index (χ4v) is 5.39. The van der Waals surface area contributed by atoms with Crippen molar-refractivity contribution in [2.75, 3.05) is 27.2 Å². The van der Waals surface area contributed by atoms with Crippen molar-refractivity contribution in [1.82, 2.24) is 14.8 Å². The number of amides is 2. The van der Waals surface area contributed by atoms with Crippen LogP contribution in [0.25, 0.3) is 10.4 Å². The molecular formula is C26H29N3O2S. The standard InChI is InChI=1S/C26H29N3O2S/c1-28(2)25(31)26(17-20-7-3-9-22(15-20)23-10-5-14-32-23)11-6-13-29(19-26)24(30)16-21-8-4-12-27-18-21/h3-5,7-10,12,14-15,18H,6,11,13,16-17,19H2,1-2H3/t26-/m0/s1. The summed E-state index contributed by atoms with van der Waals surface area (Å²) < 4.78 is 0. The van der Waals surface area contributed by atoms with Crippen LogP contribution in [0.5, 0.6) is 0 Å². The van der Waals surface area contributed by atoms with Crippen LogP contribution in [0.3, 0.4) is 0 Å². The number of carbonyl (C=O) groups is 2. The van der Waals surface area contributed by atoms with Crippen molar-refractivity contribution in [2.24, 2.45) is 5.41 Å². The second-order valence-corrected chi connectivity index (χ2v) is 9.74. The average Bonchev–Trinajstić information content (AvgIpc) is 3.34. The summed E-state index contributed by atoms with van der Waals surface area (Å²) in [6, 6.07) is 16.4. The first-order chi connectivity index (χ1) is 15.5. The van der Waals surface area contributed by atoms with E-state index in [1.54, 1.807) is 28.6 Å². The molecule has 5 nitrogen and oxygen atoms in total. The first-order valence-electron chi connectivity index (χ1n) is 11.0. The van der Waals surface area contributed by atoms with Gasteiger partial charge in [-0.2, -0.15) is 0 Å². The highest BCUT2D eigenvalue weighted by Gasteiger charge is 2.44. The normalized spacial score (nSPS) is 18.4. The summed E-state index contributed by atoms with van der Waals surface area (Å²) in [5, 5.41) is 2.08. The molecule has 1 aliphatic heterocycles. The number of nitrogens with zero attached hydrogens (tertiary/aromatic N) is 3. The molecule has 1 saturated heterocycles. The fraction of sp³-hybridized carbons (Fsp3) is 0.346. The average molecular weight is 448 g/mol. The topological polar surface area (TPSA) is 53.5 Å². The van der Waals surface area contributed by atoms with Crippen molar-refractivity contribution in [3.63, 3.8) is 0 Å². The predicted octanol–water partition coefficient (Wildman–Crippen LogP) is 4.29. The molecule has 0 spiro atoms. The Kier molecular flexibility index (Phi) is 6.70. The van der Waals surface area contributed by atoms with Crippen LogP contribution in [0, 0.1) is 5.41 Å². The molecule has 0 saturated carbocycles. The summed E-state index contributed by atoms with van der Waals surface area (Å²) in [6.07, 6.45) is 5.98. The van der Waals surface area contributed by atoms with Crippen molar-refractivity contribution < 1.29 is 9.59 Å². The quantitative estimate of drug-likeness (QED) is 0.566. The maximum absolute atomic E-state index is 13.4. The van der Waals surface area contributed by atoms with Crippen LogP contribution in [-0.2, 0) is 22.4 Å². The minimum absolute atomic E-state index is 0.0565. The summed E-state index contributed by atoms with van der Waals surface area (Å²) in [5.41, 5.74) is 2.59. The number of benzene rings is 1. The van der Waals surface area contributed by atoms with Crippen LogP contribution in [0.1, 0.15) is 24.0 Å². The predicted molar refractivity (Wildman–Crippen MR) is 128 cm³/mol. The van der Waals surface area contributed by atoms with Crippen LogP contribution in [-0.4, -0.2) is 53.8 Å². The van der Waals surface area contributed by atoms with E-state index in [1.807, 2.05) is 31.1 Å². The first-order valence-corrected chi connectivity index (χ1v) is 11.9. The Bertz CT molecular complexity index is 1070. The van der Waals surface area contributed by atoms with Gasteiger partial charge in [0.15, 0.2) is 0 Å². The van der Waals surface area contributed by atoms with Gasteiger partial charge in [0, 0.05) is 44.5 Å². The molecule has 166 valence electrons. The zero-order valence-corrected chi connectivity index (χ0v) is 19.5. The molecule has 0 aliphatic carbocycles. The number of carbonyl (C=O) groups excluding carboxylic acids is 2. The molecule has 2 amide bonds. The van der Waals surface area contributed by atoms with Gasteiger partial charge < -0.3 is 9.80 Å². The molecule has 2 aromatic heterocycles. The van der Waals surface area contributed by atoms with Gasteiger partial charge in [-0.15, -0.1) is 11.3 Å². The fourth-order valence-electron chi connectivity index (χ4n) is 4.67. The molecule has 1 atom stereocenters. The minimum Gasteiger partial charge on any atom is -0.348 e. The number of pyridine rings is 1. The van der Waals surface area contributed by atoms with Gasteiger partial charge in [0.25, 0.3) is 0 Å². The van der Waals surface area contributed by atoms with E-state index in [1.165, 1.54) is 10.4 Å². The maximum Gasteiger partial charge on any atom is 0.230 e. The second kappa shape index (κ2) is 9.65. The van der Waals surface area contributed by atoms with E-state index in [9.17, 15) is 9.59 Å².